The summed E-state index contributed by atoms with van der Waals surface area (Å²) in [6.07, 6.45) is 4.10. The van der Waals surface area contributed by atoms with Crippen LogP contribution in [-0.4, -0.2) is 58.7 Å². The molecule has 0 radical (unpaired) electrons. The summed E-state index contributed by atoms with van der Waals surface area (Å²) in [4.78, 5) is 2.36. The molecule has 0 atom stereocenters. The van der Waals surface area contributed by atoms with Crippen LogP contribution in [0.3, 0.4) is 0 Å². The van der Waals surface area contributed by atoms with Gasteiger partial charge >= 0.3 is 0 Å². The first-order valence-corrected chi connectivity index (χ1v) is 11.1. The zero-order valence-electron chi connectivity index (χ0n) is 15.1. The van der Waals surface area contributed by atoms with E-state index in [4.69, 9.17) is 11.6 Å². The summed E-state index contributed by atoms with van der Waals surface area (Å²) < 4.78 is 29.0. The molecule has 1 saturated carbocycles. The summed E-state index contributed by atoms with van der Waals surface area (Å²) in [5.41, 5.74) is 1.66. The van der Waals surface area contributed by atoms with E-state index in [2.05, 4.69) is 20.2 Å². The summed E-state index contributed by atoms with van der Waals surface area (Å²) in [5, 5.41) is 13.4. The number of hydrogen-bond donors (Lipinski definition) is 0. The van der Waals surface area contributed by atoms with E-state index in [1.807, 2.05) is 12.3 Å². The van der Waals surface area contributed by atoms with Crippen LogP contribution in [0.2, 0.25) is 5.02 Å². The molecule has 5 rings (SSSR count). The van der Waals surface area contributed by atoms with Crippen molar-refractivity contribution >= 4 is 33.0 Å². The van der Waals surface area contributed by atoms with E-state index >= 15 is 0 Å². The number of hydrogen-bond acceptors (Lipinski definition) is 6. The van der Waals surface area contributed by atoms with Gasteiger partial charge in [-0.15, -0.1) is 10.2 Å². The van der Waals surface area contributed by atoms with Crippen LogP contribution in [0.15, 0.2) is 41.4 Å². The molecule has 0 amide bonds. The Bertz CT molecular complexity index is 1140. The van der Waals surface area contributed by atoms with E-state index in [0.29, 0.717) is 37.1 Å². The largest absolute Gasteiger partial charge is 0.367 e. The molecule has 2 fully saturated rings. The fourth-order valence-corrected chi connectivity index (χ4v) is 5.26. The average Bonchev–Trinajstić information content (AvgIpc) is 3.47. The van der Waals surface area contributed by atoms with Gasteiger partial charge in [-0.3, -0.25) is 0 Å². The van der Waals surface area contributed by atoms with Gasteiger partial charge < -0.3 is 4.90 Å². The Hall–Kier alpha value is -2.23. The van der Waals surface area contributed by atoms with Crippen LogP contribution in [0, 0.1) is 0 Å². The minimum atomic E-state index is -3.54. The quantitative estimate of drug-likeness (QED) is 0.645. The molecule has 2 aliphatic rings. The molecule has 1 aliphatic carbocycles. The summed E-state index contributed by atoms with van der Waals surface area (Å²) in [6.45, 7) is 1.97. The summed E-state index contributed by atoms with van der Waals surface area (Å²) in [6, 6.07) is 8.35. The summed E-state index contributed by atoms with van der Waals surface area (Å²) in [5.74, 6) is 1.41. The standard InChI is InChI=1S/C18H19ClN6O2S/c19-14-2-1-3-16(10-14)28(26,27)24-8-6-23(7-9-24)15-11-17-21-22-18(13-4-5-13)25(17)20-12-15/h1-3,10-13H,4-9H2. The van der Waals surface area contributed by atoms with E-state index in [1.165, 1.54) is 10.4 Å². The molecule has 0 spiro atoms. The number of benzene rings is 1. The monoisotopic (exact) mass is 418 g/mol. The number of rotatable bonds is 4. The number of halogens is 1. The number of anilines is 1. The van der Waals surface area contributed by atoms with E-state index in [-0.39, 0.29) is 4.90 Å². The molecule has 1 aliphatic heterocycles. The predicted octanol–water partition coefficient (Wildman–Crippen LogP) is 2.17. The molecule has 0 bridgehead atoms. The number of sulfonamides is 1. The van der Waals surface area contributed by atoms with Gasteiger partial charge in [0.2, 0.25) is 10.0 Å². The Labute approximate surface area is 167 Å². The lowest BCUT2D eigenvalue weighted by atomic mass is 10.3. The van der Waals surface area contributed by atoms with Crippen LogP contribution in [0.4, 0.5) is 5.69 Å². The van der Waals surface area contributed by atoms with Gasteiger partial charge in [-0.25, -0.2) is 8.42 Å². The maximum absolute atomic E-state index is 12.8. The first kappa shape index (κ1) is 17.8. The van der Waals surface area contributed by atoms with Crippen LogP contribution in [0.1, 0.15) is 24.6 Å². The predicted molar refractivity (Wildman–Crippen MR) is 105 cm³/mol. The third-order valence-electron chi connectivity index (χ3n) is 5.25. The second kappa shape index (κ2) is 6.68. The van der Waals surface area contributed by atoms with Crippen molar-refractivity contribution in [3.05, 3.63) is 47.4 Å². The number of nitrogens with zero attached hydrogens (tertiary/aromatic N) is 6. The maximum atomic E-state index is 12.8. The van der Waals surface area contributed by atoms with Gasteiger partial charge in [-0.2, -0.15) is 13.9 Å². The van der Waals surface area contributed by atoms with Gasteiger partial charge in [0.15, 0.2) is 11.5 Å². The summed E-state index contributed by atoms with van der Waals surface area (Å²) >= 11 is 5.95. The highest BCUT2D eigenvalue weighted by Gasteiger charge is 2.31. The van der Waals surface area contributed by atoms with Crippen LogP contribution in [0.5, 0.6) is 0 Å². The smallest absolute Gasteiger partial charge is 0.243 e. The lowest BCUT2D eigenvalue weighted by molar-refractivity contribution is 0.384. The Kier molecular flexibility index (Phi) is 4.26. The topological polar surface area (TPSA) is 83.7 Å². The lowest BCUT2D eigenvalue weighted by Crippen LogP contribution is -2.48. The summed E-state index contributed by atoms with van der Waals surface area (Å²) in [7, 11) is -3.54. The van der Waals surface area contributed by atoms with E-state index in [9.17, 15) is 8.42 Å². The van der Waals surface area contributed by atoms with Gasteiger partial charge in [0.05, 0.1) is 16.8 Å². The maximum Gasteiger partial charge on any atom is 0.243 e. The van der Waals surface area contributed by atoms with Crippen LogP contribution >= 0.6 is 11.6 Å². The Balaban J connectivity index is 1.32. The lowest BCUT2D eigenvalue weighted by Gasteiger charge is -2.35. The highest BCUT2D eigenvalue weighted by Crippen LogP contribution is 2.38. The fourth-order valence-electron chi connectivity index (χ4n) is 3.53. The molecule has 2 aromatic heterocycles. The second-order valence-electron chi connectivity index (χ2n) is 7.16. The highest BCUT2D eigenvalue weighted by molar-refractivity contribution is 7.89. The number of aromatic nitrogens is 4. The minimum absolute atomic E-state index is 0.229. The molecule has 8 nitrogen and oxygen atoms in total. The van der Waals surface area contributed by atoms with Gasteiger partial charge in [-0.1, -0.05) is 17.7 Å². The van der Waals surface area contributed by atoms with Crippen molar-refractivity contribution in [2.75, 3.05) is 31.1 Å². The third kappa shape index (κ3) is 3.13. The second-order valence-corrected chi connectivity index (χ2v) is 9.54. The molecule has 1 saturated heterocycles. The zero-order valence-corrected chi connectivity index (χ0v) is 16.6. The molecule has 3 heterocycles. The van der Waals surface area contributed by atoms with Crippen molar-refractivity contribution in [3.8, 4) is 0 Å². The van der Waals surface area contributed by atoms with Crippen LogP contribution < -0.4 is 4.90 Å². The zero-order chi connectivity index (χ0) is 19.3. The Morgan fingerprint density at radius 1 is 1.04 bits per heavy atom. The molecule has 0 N–H and O–H groups in total. The van der Waals surface area contributed by atoms with Crippen molar-refractivity contribution < 1.29 is 8.42 Å². The molecule has 3 aromatic rings. The first-order valence-electron chi connectivity index (χ1n) is 9.24. The molecular formula is C18H19ClN6O2S. The van der Waals surface area contributed by atoms with Crippen LogP contribution in [0.25, 0.3) is 5.65 Å². The average molecular weight is 419 g/mol. The van der Waals surface area contributed by atoms with Crippen molar-refractivity contribution in [1.82, 2.24) is 24.1 Å². The normalized spacial score (nSPS) is 18.7. The van der Waals surface area contributed by atoms with Gasteiger partial charge in [0.25, 0.3) is 0 Å². The number of fused-ring (bicyclic) bond motifs is 1. The minimum Gasteiger partial charge on any atom is -0.367 e. The van der Waals surface area contributed by atoms with E-state index in [1.54, 1.807) is 22.7 Å². The van der Waals surface area contributed by atoms with Gasteiger partial charge in [0.1, 0.15) is 0 Å². The van der Waals surface area contributed by atoms with Crippen molar-refractivity contribution in [1.29, 1.82) is 0 Å². The molecule has 28 heavy (non-hydrogen) atoms. The van der Waals surface area contributed by atoms with Crippen molar-refractivity contribution in [2.45, 2.75) is 23.7 Å². The van der Waals surface area contributed by atoms with Crippen LogP contribution in [-0.2, 0) is 10.0 Å². The van der Waals surface area contributed by atoms with Crippen molar-refractivity contribution in [2.24, 2.45) is 0 Å². The molecular weight excluding hydrogens is 400 g/mol. The SMILES string of the molecule is O=S(=O)(c1cccc(Cl)c1)N1CCN(c2cnn3c(C4CC4)nnc3c2)CC1. The first-order chi connectivity index (χ1) is 13.5. The number of piperazine rings is 1. The Morgan fingerprint density at radius 2 is 1.82 bits per heavy atom. The van der Waals surface area contributed by atoms with E-state index in [0.717, 1.165) is 30.0 Å². The molecule has 10 heteroatoms. The Morgan fingerprint density at radius 3 is 2.54 bits per heavy atom. The van der Waals surface area contributed by atoms with Gasteiger partial charge in [0, 0.05) is 43.2 Å². The van der Waals surface area contributed by atoms with Gasteiger partial charge in [-0.05, 0) is 31.0 Å². The third-order valence-corrected chi connectivity index (χ3v) is 7.38. The molecule has 1 aromatic carbocycles. The molecule has 0 unspecified atom stereocenters. The molecule has 146 valence electrons. The van der Waals surface area contributed by atoms with E-state index < -0.39 is 10.0 Å². The van der Waals surface area contributed by atoms with Crippen molar-refractivity contribution in [3.63, 3.8) is 0 Å². The fraction of sp³-hybridized carbons (Fsp3) is 0.389. The highest BCUT2D eigenvalue weighted by atomic mass is 35.5.